The first-order chi connectivity index (χ1) is 8.60. The maximum Gasteiger partial charge on any atom is 0.154 e. The van der Waals surface area contributed by atoms with Crippen molar-refractivity contribution >= 4 is 33.2 Å². The Bertz CT molecular complexity index is 575. The molecule has 18 heavy (non-hydrogen) atoms. The fraction of sp³-hybridized carbons (Fsp3) is 0.0769. The SMILES string of the molecule is COc1ccc(N)c(Oc2cc(Br)ccc2Cl)c1. The van der Waals surface area contributed by atoms with Crippen molar-refractivity contribution in [3.8, 4) is 17.2 Å². The van der Waals surface area contributed by atoms with E-state index in [9.17, 15) is 0 Å². The second-order valence-corrected chi connectivity index (χ2v) is 4.90. The zero-order chi connectivity index (χ0) is 13.1. The molecule has 5 heteroatoms. The monoisotopic (exact) mass is 327 g/mol. The number of halogens is 2. The van der Waals surface area contributed by atoms with Gasteiger partial charge in [-0.1, -0.05) is 27.5 Å². The minimum Gasteiger partial charge on any atom is -0.497 e. The van der Waals surface area contributed by atoms with Gasteiger partial charge >= 0.3 is 0 Å². The van der Waals surface area contributed by atoms with Crippen LogP contribution in [0.1, 0.15) is 0 Å². The lowest BCUT2D eigenvalue weighted by Gasteiger charge is -2.11. The van der Waals surface area contributed by atoms with Crippen molar-refractivity contribution < 1.29 is 9.47 Å². The molecule has 2 N–H and O–H groups in total. The lowest BCUT2D eigenvalue weighted by molar-refractivity contribution is 0.409. The van der Waals surface area contributed by atoms with Crippen LogP contribution in [0, 0.1) is 0 Å². The van der Waals surface area contributed by atoms with E-state index in [-0.39, 0.29) is 0 Å². The molecule has 0 atom stereocenters. The normalized spacial score (nSPS) is 10.2. The van der Waals surface area contributed by atoms with Crippen LogP contribution in [0.4, 0.5) is 5.69 Å². The van der Waals surface area contributed by atoms with E-state index in [1.54, 1.807) is 37.4 Å². The van der Waals surface area contributed by atoms with Gasteiger partial charge in [0, 0.05) is 10.5 Å². The minimum atomic E-state index is 0.509. The molecule has 0 radical (unpaired) electrons. The van der Waals surface area contributed by atoms with Crippen LogP contribution in [0.5, 0.6) is 17.2 Å². The number of anilines is 1. The number of benzene rings is 2. The van der Waals surface area contributed by atoms with Gasteiger partial charge in [-0.05, 0) is 30.3 Å². The van der Waals surface area contributed by atoms with Crippen LogP contribution in [0.3, 0.4) is 0 Å². The van der Waals surface area contributed by atoms with Gasteiger partial charge in [-0.3, -0.25) is 0 Å². The third kappa shape index (κ3) is 2.89. The summed E-state index contributed by atoms with van der Waals surface area (Å²) in [6.45, 7) is 0. The Balaban J connectivity index is 2.36. The van der Waals surface area contributed by atoms with Gasteiger partial charge < -0.3 is 15.2 Å². The first-order valence-corrected chi connectivity index (χ1v) is 6.33. The number of hydrogen-bond acceptors (Lipinski definition) is 3. The summed E-state index contributed by atoms with van der Waals surface area (Å²) in [6.07, 6.45) is 0. The van der Waals surface area contributed by atoms with Crippen LogP contribution in [-0.4, -0.2) is 7.11 Å². The Morgan fingerprint density at radius 1 is 1.11 bits per heavy atom. The summed E-state index contributed by atoms with van der Waals surface area (Å²) in [5.74, 6) is 1.71. The molecule has 0 aromatic heterocycles. The smallest absolute Gasteiger partial charge is 0.154 e. The van der Waals surface area contributed by atoms with Gasteiger partial charge in [0.25, 0.3) is 0 Å². The Labute approximate surface area is 119 Å². The average molecular weight is 329 g/mol. The highest BCUT2D eigenvalue weighted by atomic mass is 79.9. The Kier molecular flexibility index (Phi) is 3.99. The Morgan fingerprint density at radius 2 is 1.89 bits per heavy atom. The van der Waals surface area contributed by atoms with E-state index < -0.39 is 0 Å². The zero-order valence-corrected chi connectivity index (χ0v) is 12.0. The lowest BCUT2D eigenvalue weighted by Crippen LogP contribution is -1.94. The molecule has 0 spiro atoms. The van der Waals surface area contributed by atoms with E-state index in [2.05, 4.69) is 15.9 Å². The minimum absolute atomic E-state index is 0.509. The fourth-order valence-corrected chi connectivity index (χ4v) is 1.90. The molecule has 0 bridgehead atoms. The van der Waals surface area contributed by atoms with E-state index in [0.29, 0.717) is 28.0 Å². The number of ether oxygens (including phenoxy) is 2. The largest absolute Gasteiger partial charge is 0.497 e. The number of rotatable bonds is 3. The van der Waals surface area contributed by atoms with Crippen molar-refractivity contribution in [3.63, 3.8) is 0 Å². The third-order valence-electron chi connectivity index (χ3n) is 2.33. The Hall–Kier alpha value is -1.39. The van der Waals surface area contributed by atoms with Crippen molar-refractivity contribution in [2.24, 2.45) is 0 Å². The van der Waals surface area contributed by atoms with Crippen LogP contribution < -0.4 is 15.2 Å². The zero-order valence-electron chi connectivity index (χ0n) is 9.61. The molecule has 0 fully saturated rings. The van der Waals surface area contributed by atoms with Crippen LogP contribution in [0.15, 0.2) is 40.9 Å². The van der Waals surface area contributed by atoms with Crippen molar-refractivity contribution in [2.45, 2.75) is 0 Å². The number of nitrogen functional groups attached to an aromatic ring is 1. The first-order valence-electron chi connectivity index (χ1n) is 5.16. The number of hydrogen-bond donors (Lipinski definition) is 1. The first kappa shape index (κ1) is 13.1. The molecule has 0 aliphatic rings. The molecule has 0 unspecified atom stereocenters. The van der Waals surface area contributed by atoms with Crippen molar-refractivity contribution in [1.29, 1.82) is 0 Å². The summed E-state index contributed by atoms with van der Waals surface area (Å²) in [5, 5.41) is 0.514. The molecule has 0 aliphatic heterocycles. The van der Waals surface area contributed by atoms with Gasteiger partial charge in [0.15, 0.2) is 5.75 Å². The molecule has 3 nitrogen and oxygen atoms in total. The predicted molar refractivity (Wildman–Crippen MR) is 76.6 cm³/mol. The molecule has 0 saturated carbocycles. The van der Waals surface area contributed by atoms with Crippen LogP contribution >= 0.6 is 27.5 Å². The molecular formula is C13H11BrClNO2. The van der Waals surface area contributed by atoms with Crippen molar-refractivity contribution in [1.82, 2.24) is 0 Å². The van der Waals surface area contributed by atoms with E-state index in [4.69, 9.17) is 26.8 Å². The summed E-state index contributed by atoms with van der Waals surface area (Å²) in [6, 6.07) is 10.6. The maximum atomic E-state index is 6.05. The second kappa shape index (κ2) is 5.50. The molecule has 2 aromatic carbocycles. The second-order valence-electron chi connectivity index (χ2n) is 3.58. The Morgan fingerprint density at radius 3 is 2.61 bits per heavy atom. The highest BCUT2D eigenvalue weighted by Gasteiger charge is 2.08. The third-order valence-corrected chi connectivity index (χ3v) is 3.14. The highest BCUT2D eigenvalue weighted by Crippen LogP contribution is 2.36. The predicted octanol–water partition coefficient (Wildman–Crippen LogP) is 4.49. The van der Waals surface area contributed by atoms with E-state index in [1.165, 1.54) is 0 Å². The quantitative estimate of drug-likeness (QED) is 0.845. The van der Waals surface area contributed by atoms with E-state index in [0.717, 1.165) is 4.47 Å². The average Bonchev–Trinajstić information content (AvgIpc) is 2.36. The topological polar surface area (TPSA) is 44.5 Å². The fourth-order valence-electron chi connectivity index (χ4n) is 1.40. The van der Waals surface area contributed by atoms with E-state index >= 15 is 0 Å². The summed E-state index contributed by atoms with van der Waals surface area (Å²) < 4.78 is 11.7. The molecule has 0 aliphatic carbocycles. The van der Waals surface area contributed by atoms with Gasteiger partial charge in [0.1, 0.15) is 11.5 Å². The van der Waals surface area contributed by atoms with Gasteiger partial charge in [0.2, 0.25) is 0 Å². The molecule has 0 amide bonds. The summed E-state index contributed by atoms with van der Waals surface area (Å²) >= 11 is 9.42. The van der Waals surface area contributed by atoms with Crippen LogP contribution in [0.25, 0.3) is 0 Å². The summed E-state index contributed by atoms with van der Waals surface area (Å²) in [5.41, 5.74) is 6.36. The molecule has 0 heterocycles. The van der Waals surface area contributed by atoms with Gasteiger partial charge in [-0.25, -0.2) is 0 Å². The standard InChI is InChI=1S/C13H11BrClNO2/c1-17-9-3-5-11(16)13(7-9)18-12-6-8(14)2-4-10(12)15/h2-7H,16H2,1H3. The van der Waals surface area contributed by atoms with Gasteiger partial charge in [-0.15, -0.1) is 0 Å². The van der Waals surface area contributed by atoms with Crippen molar-refractivity contribution in [3.05, 3.63) is 45.9 Å². The van der Waals surface area contributed by atoms with E-state index in [1.807, 2.05) is 6.07 Å². The highest BCUT2D eigenvalue weighted by molar-refractivity contribution is 9.10. The molecule has 2 rings (SSSR count). The van der Waals surface area contributed by atoms with Crippen molar-refractivity contribution in [2.75, 3.05) is 12.8 Å². The van der Waals surface area contributed by atoms with Crippen LogP contribution in [0.2, 0.25) is 5.02 Å². The molecule has 94 valence electrons. The number of methoxy groups -OCH3 is 1. The lowest BCUT2D eigenvalue weighted by atomic mass is 10.2. The van der Waals surface area contributed by atoms with Crippen LogP contribution in [-0.2, 0) is 0 Å². The summed E-state index contributed by atoms with van der Waals surface area (Å²) in [7, 11) is 1.58. The van der Waals surface area contributed by atoms with Gasteiger partial charge in [0.05, 0.1) is 17.8 Å². The maximum absolute atomic E-state index is 6.05. The summed E-state index contributed by atoms with van der Waals surface area (Å²) in [4.78, 5) is 0. The molecular weight excluding hydrogens is 318 g/mol. The molecule has 0 saturated heterocycles. The van der Waals surface area contributed by atoms with Gasteiger partial charge in [-0.2, -0.15) is 0 Å². The number of nitrogens with two attached hydrogens (primary N) is 1. The molecule has 2 aromatic rings.